The molecule has 1 aliphatic rings. The smallest absolute Gasteiger partial charge is 0.137 e. The fourth-order valence-electron chi connectivity index (χ4n) is 2.34. The summed E-state index contributed by atoms with van der Waals surface area (Å²) in [6.45, 7) is 1.70. The second-order valence-corrected chi connectivity index (χ2v) is 4.70. The van der Waals surface area contributed by atoms with Crippen LogP contribution in [0.5, 0.6) is 0 Å². The molecular formula is C14H17N3O. The van der Waals surface area contributed by atoms with Crippen LogP contribution in [0, 0.1) is 0 Å². The molecule has 0 atom stereocenters. The van der Waals surface area contributed by atoms with Gasteiger partial charge < -0.3 is 15.5 Å². The van der Waals surface area contributed by atoms with Crippen LogP contribution < -0.4 is 5.73 Å². The first kappa shape index (κ1) is 11.3. The molecule has 0 amide bonds. The molecule has 1 aromatic heterocycles. The maximum absolute atomic E-state index is 5.68. The number of aromatic amines is 1. The van der Waals surface area contributed by atoms with Crippen LogP contribution >= 0.6 is 0 Å². The average molecular weight is 243 g/mol. The SMILES string of the molecule is Nc1ccc(-c2ncc(C3CCOCC3)[nH]2)cc1. The predicted molar refractivity (Wildman–Crippen MR) is 71.2 cm³/mol. The summed E-state index contributed by atoms with van der Waals surface area (Å²) in [5, 5.41) is 0. The van der Waals surface area contributed by atoms with E-state index >= 15 is 0 Å². The highest BCUT2D eigenvalue weighted by atomic mass is 16.5. The lowest BCUT2D eigenvalue weighted by molar-refractivity contribution is 0.0846. The first-order valence-corrected chi connectivity index (χ1v) is 6.31. The van der Waals surface area contributed by atoms with Crippen molar-refractivity contribution in [3.8, 4) is 11.4 Å². The van der Waals surface area contributed by atoms with E-state index in [9.17, 15) is 0 Å². The van der Waals surface area contributed by atoms with Crippen LogP contribution in [-0.4, -0.2) is 23.2 Å². The summed E-state index contributed by atoms with van der Waals surface area (Å²) in [5.74, 6) is 1.46. The molecule has 0 aliphatic carbocycles. The van der Waals surface area contributed by atoms with Crippen LogP contribution in [-0.2, 0) is 4.74 Å². The van der Waals surface area contributed by atoms with E-state index in [0.717, 1.165) is 43.1 Å². The largest absolute Gasteiger partial charge is 0.399 e. The van der Waals surface area contributed by atoms with Crippen molar-refractivity contribution in [2.45, 2.75) is 18.8 Å². The Labute approximate surface area is 106 Å². The molecule has 0 saturated carbocycles. The fraction of sp³-hybridized carbons (Fsp3) is 0.357. The van der Waals surface area contributed by atoms with E-state index in [1.54, 1.807) is 0 Å². The van der Waals surface area contributed by atoms with Crippen molar-refractivity contribution in [3.05, 3.63) is 36.2 Å². The van der Waals surface area contributed by atoms with E-state index in [2.05, 4.69) is 9.97 Å². The van der Waals surface area contributed by atoms with Gasteiger partial charge in [-0.25, -0.2) is 4.98 Å². The van der Waals surface area contributed by atoms with Crippen molar-refractivity contribution in [2.24, 2.45) is 0 Å². The minimum Gasteiger partial charge on any atom is -0.399 e. The van der Waals surface area contributed by atoms with Gasteiger partial charge in [0, 0.05) is 42.3 Å². The third-order valence-electron chi connectivity index (χ3n) is 3.44. The van der Waals surface area contributed by atoms with E-state index in [1.165, 1.54) is 5.69 Å². The van der Waals surface area contributed by atoms with E-state index in [0.29, 0.717) is 5.92 Å². The Bertz CT molecular complexity index is 512. The molecule has 94 valence electrons. The lowest BCUT2D eigenvalue weighted by Crippen LogP contribution is -2.14. The monoisotopic (exact) mass is 243 g/mol. The van der Waals surface area contributed by atoms with Crippen LogP contribution in [0.4, 0.5) is 5.69 Å². The minimum absolute atomic E-state index is 0.550. The summed E-state index contributed by atoms with van der Waals surface area (Å²) in [5.41, 5.74) is 8.74. The van der Waals surface area contributed by atoms with Crippen molar-refractivity contribution in [3.63, 3.8) is 0 Å². The first-order valence-electron chi connectivity index (χ1n) is 6.31. The normalized spacial score (nSPS) is 16.9. The highest BCUT2D eigenvalue weighted by Crippen LogP contribution is 2.27. The summed E-state index contributed by atoms with van der Waals surface area (Å²) in [6.07, 6.45) is 4.09. The van der Waals surface area contributed by atoms with Crippen LogP contribution in [0.25, 0.3) is 11.4 Å². The van der Waals surface area contributed by atoms with Gasteiger partial charge in [0.25, 0.3) is 0 Å². The van der Waals surface area contributed by atoms with E-state index < -0.39 is 0 Å². The van der Waals surface area contributed by atoms with Gasteiger partial charge in [0.05, 0.1) is 0 Å². The molecule has 1 aromatic carbocycles. The molecule has 0 spiro atoms. The highest BCUT2D eigenvalue weighted by molar-refractivity contribution is 5.58. The lowest BCUT2D eigenvalue weighted by atomic mass is 9.97. The number of imidazole rings is 1. The third-order valence-corrected chi connectivity index (χ3v) is 3.44. The lowest BCUT2D eigenvalue weighted by Gasteiger charge is -2.20. The van der Waals surface area contributed by atoms with Crippen LogP contribution in [0.15, 0.2) is 30.5 Å². The third kappa shape index (κ3) is 2.24. The first-order chi connectivity index (χ1) is 8.83. The number of aromatic nitrogens is 2. The highest BCUT2D eigenvalue weighted by Gasteiger charge is 2.18. The van der Waals surface area contributed by atoms with Gasteiger partial charge in [-0.3, -0.25) is 0 Å². The Morgan fingerprint density at radius 1 is 1.17 bits per heavy atom. The Balaban J connectivity index is 1.82. The maximum Gasteiger partial charge on any atom is 0.137 e. The standard InChI is InChI=1S/C14H17N3O/c15-12-3-1-11(2-4-12)14-16-9-13(17-14)10-5-7-18-8-6-10/h1-4,9-10H,5-8,15H2,(H,16,17). The number of hydrogen-bond acceptors (Lipinski definition) is 3. The molecule has 0 bridgehead atoms. The summed E-state index contributed by atoms with van der Waals surface area (Å²) in [7, 11) is 0. The van der Waals surface area contributed by atoms with E-state index in [1.807, 2.05) is 30.5 Å². The van der Waals surface area contributed by atoms with Crippen LogP contribution in [0.1, 0.15) is 24.5 Å². The molecular weight excluding hydrogens is 226 g/mol. The number of benzene rings is 1. The quantitative estimate of drug-likeness (QED) is 0.797. The van der Waals surface area contributed by atoms with Crippen molar-refractivity contribution < 1.29 is 4.74 Å². The van der Waals surface area contributed by atoms with Crippen molar-refractivity contribution in [1.29, 1.82) is 0 Å². The summed E-state index contributed by atoms with van der Waals surface area (Å²) in [4.78, 5) is 7.87. The second kappa shape index (κ2) is 4.82. The summed E-state index contributed by atoms with van der Waals surface area (Å²) >= 11 is 0. The number of nitrogens with two attached hydrogens (primary N) is 1. The molecule has 2 aromatic rings. The fourth-order valence-corrected chi connectivity index (χ4v) is 2.34. The number of nitrogens with one attached hydrogen (secondary N) is 1. The maximum atomic E-state index is 5.68. The molecule has 18 heavy (non-hydrogen) atoms. The minimum atomic E-state index is 0.550. The Kier molecular flexibility index (Phi) is 3.02. The summed E-state index contributed by atoms with van der Waals surface area (Å²) < 4.78 is 5.38. The Morgan fingerprint density at radius 2 is 1.89 bits per heavy atom. The zero-order chi connectivity index (χ0) is 12.4. The zero-order valence-electron chi connectivity index (χ0n) is 10.2. The Morgan fingerprint density at radius 3 is 2.61 bits per heavy atom. The van der Waals surface area contributed by atoms with E-state index in [-0.39, 0.29) is 0 Å². The van der Waals surface area contributed by atoms with Crippen molar-refractivity contribution in [2.75, 3.05) is 18.9 Å². The number of nitrogens with zero attached hydrogens (tertiary/aromatic N) is 1. The number of hydrogen-bond donors (Lipinski definition) is 2. The number of rotatable bonds is 2. The Hall–Kier alpha value is -1.81. The second-order valence-electron chi connectivity index (χ2n) is 4.70. The number of ether oxygens (including phenoxy) is 1. The van der Waals surface area contributed by atoms with Gasteiger partial charge in [-0.05, 0) is 37.1 Å². The number of H-pyrrole nitrogens is 1. The molecule has 3 rings (SSSR count). The van der Waals surface area contributed by atoms with Gasteiger partial charge in [-0.15, -0.1) is 0 Å². The van der Waals surface area contributed by atoms with Gasteiger partial charge in [-0.1, -0.05) is 0 Å². The molecule has 4 heteroatoms. The molecule has 0 unspecified atom stereocenters. The molecule has 3 N–H and O–H groups in total. The molecule has 1 fully saturated rings. The van der Waals surface area contributed by atoms with Gasteiger partial charge in [0.1, 0.15) is 5.82 Å². The predicted octanol–water partition coefficient (Wildman–Crippen LogP) is 2.55. The molecule has 0 radical (unpaired) electrons. The number of anilines is 1. The average Bonchev–Trinajstić information content (AvgIpc) is 2.90. The van der Waals surface area contributed by atoms with Gasteiger partial charge >= 0.3 is 0 Å². The van der Waals surface area contributed by atoms with E-state index in [4.69, 9.17) is 10.5 Å². The number of nitrogen functional groups attached to an aromatic ring is 1. The topological polar surface area (TPSA) is 63.9 Å². The van der Waals surface area contributed by atoms with Gasteiger partial charge in [-0.2, -0.15) is 0 Å². The summed E-state index contributed by atoms with van der Waals surface area (Å²) in [6, 6.07) is 7.77. The molecule has 4 nitrogen and oxygen atoms in total. The van der Waals surface area contributed by atoms with Crippen LogP contribution in [0.3, 0.4) is 0 Å². The molecule has 1 aliphatic heterocycles. The van der Waals surface area contributed by atoms with Crippen molar-refractivity contribution >= 4 is 5.69 Å². The zero-order valence-corrected chi connectivity index (χ0v) is 10.2. The van der Waals surface area contributed by atoms with Crippen LogP contribution in [0.2, 0.25) is 0 Å². The molecule has 2 heterocycles. The molecule has 1 saturated heterocycles. The van der Waals surface area contributed by atoms with Crippen molar-refractivity contribution in [1.82, 2.24) is 9.97 Å². The van der Waals surface area contributed by atoms with Gasteiger partial charge in [0.15, 0.2) is 0 Å². The van der Waals surface area contributed by atoms with Gasteiger partial charge in [0.2, 0.25) is 0 Å².